The molecule has 0 bridgehead atoms. The predicted molar refractivity (Wildman–Crippen MR) is 132 cm³/mol. The van der Waals surface area contributed by atoms with Crippen molar-refractivity contribution in [2.24, 2.45) is 5.92 Å². The third-order valence-corrected chi connectivity index (χ3v) is 11.5. The molecule has 1 saturated carbocycles. The van der Waals surface area contributed by atoms with Crippen LogP contribution in [0.3, 0.4) is 0 Å². The van der Waals surface area contributed by atoms with Gasteiger partial charge in [-0.2, -0.15) is 0 Å². The van der Waals surface area contributed by atoms with Crippen LogP contribution >= 0.6 is 0 Å². The molecular formula is C27H38O4Si. The topological polar surface area (TPSA) is 44.8 Å². The largest absolute Gasteiger partial charge is 0.464 e. The van der Waals surface area contributed by atoms with Gasteiger partial charge in [-0.3, -0.25) is 0 Å². The summed E-state index contributed by atoms with van der Waals surface area (Å²) in [5, 5.41) is 2.64. The zero-order valence-corrected chi connectivity index (χ0v) is 21.0. The fourth-order valence-corrected chi connectivity index (χ4v) is 9.50. The molecule has 174 valence electrons. The van der Waals surface area contributed by atoms with Gasteiger partial charge in [-0.1, -0.05) is 81.4 Å². The van der Waals surface area contributed by atoms with Crippen molar-refractivity contribution in [3.8, 4) is 0 Å². The highest BCUT2D eigenvalue weighted by Gasteiger charge is 2.50. The molecule has 0 heterocycles. The van der Waals surface area contributed by atoms with Crippen molar-refractivity contribution in [3.63, 3.8) is 0 Å². The number of hydrogen-bond acceptors (Lipinski definition) is 4. The second-order valence-electron chi connectivity index (χ2n) is 9.73. The van der Waals surface area contributed by atoms with E-state index in [1.165, 1.54) is 10.4 Å². The Bertz CT molecular complexity index is 784. The van der Waals surface area contributed by atoms with Gasteiger partial charge in [0.1, 0.15) is 6.61 Å². The van der Waals surface area contributed by atoms with E-state index < -0.39 is 8.32 Å². The van der Waals surface area contributed by atoms with Crippen molar-refractivity contribution >= 4 is 24.7 Å². The van der Waals surface area contributed by atoms with Crippen LogP contribution < -0.4 is 10.4 Å². The van der Waals surface area contributed by atoms with Gasteiger partial charge >= 0.3 is 5.97 Å². The lowest BCUT2D eigenvalue weighted by Gasteiger charge is -2.44. The number of carbonyl (C=O) groups excluding carboxylic acids is 1. The molecule has 0 amide bonds. The van der Waals surface area contributed by atoms with E-state index in [1.807, 2.05) is 6.92 Å². The van der Waals surface area contributed by atoms with Gasteiger partial charge in [0.25, 0.3) is 8.32 Å². The Morgan fingerprint density at radius 2 is 1.44 bits per heavy atom. The Hall–Kier alpha value is -1.95. The molecule has 0 saturated heterocycles. The lowest BCUT2D eigenvalue weighted by molar-refractivity contribution is -0.151. The third-order valence-electron chi connectivity index (χ3n) is 6.49. The van der Waals surface area contributed by atoms with Crippen LogP contribution in [0.25, 0.3) is 0 Å². The van der Waals surface area contributed by atoms with Crippen molar-refractivity contribution in [2.45, 2.75) is 64.5 Å². The number of esters is 1. The molecule has 0 aliphatic heterocycles. The second-order valence-corrected chi connectivity index (χ2v) is 14.0. The summed E-state index contributed by atoms with van der Waals surface area (Å²) in [6.07, 6.45) is 4.20. The minimum absolute atomic E-state index is 0.00431. The van der Waals surface area contributed by atoms with Crippen molar-refractivity contribution in [1.29, 1.82) is 0 Å². The summed E-state index contributed by atoms with van der Waals surface area (Å²) in [6.45, 7) is 9.99. The average Bonchev–Trinajstić information content (AvgIpc) is 2.80. The van der Waals surface area contributed by atoms with Crippen molar-refractivity contribution in [3.05, 3.63) is 60.7 Å². The van der Waals surface area contributed by atoms with Crippen LogP contribution in [-0.2, 0) is 18.7 Å². The fraction of sp³-hybridized carbons (Fsp3) is 0.519. The van der Waals surface area contributed by atoms with Crippen molar-refractivity contribution in [2.75, 3.05) is 19.8 Å². The number of hydrogen-bond donors (Lipinski definition) is 0. The Morgan fingerprint density at radius 3 is 1.91 bits per heavy atom. The monoisotopic (exact) mass is 454 g/mol. The summed E-state index contributed by atoms with van der Waals surface area (Å²) in [6, 6.07) is 21.6. The summed E-state index contributed by atoms with van der Waals surface area (Å²) in [5.74, 6) is 0.240. The first kappa shape index (κ1) is 24.7. The lowest BCUT2D eigenvalue weighted by atomic mass is 9.88. The second kappa shape index (κ2) is 11.3. The Kier molecular flexibility index (Phi) is 8.69. The molecule has 1 aliphatic carbocycles. The van der Waals surface area contributed by atoms with E-state index in [0.717, 1.165) is 32.3 Å². The molecule has 0 aromatic heterocycles. The zero-order chi connectivity index (χ0) is 23.0. The molecule has 1 aliphatic rings. The highest BCUT2D eigenvalue weighted by atomic mass is 28.4. The quantitative estimate of drug-likeness (QED) is 0.407. The van der Waals surface area contributed by atoms with Gasteiger partial charge in [-0.25, -0.2) is 4.79 Å². The molecule has 4 nitrogen and oxygen atoms in total. The van der Waals surface area contributed by atoms with E-state index in [2.05, 4.69) is 81.4 Å². The predicted octanol–water partition coefficient (Wildman–Crippen LogP) is 4.70. The maximum atomic E-state index is 11.6. The van der Waals surface area contributed by atoms with Gasteiger partial charge in [-0.05, 0) is 53.9 Å². The average molecular weight is 455 g/mol. The normalized spacial score (nSPS) is 19.5. The van der Waals surface area contributed by atoms with E-state index in [0.29, 0.717) is 12.5 Å². The first-order valence-electron chi connectivity index (χ1n) is 11.9. The van der Waals surface area contributed by atoms with Gasteiger partial charge in [-0.15, -0.1) is 0 Å². The molecule has 1 fully saturated rings. The van der Waals surface area contributed by atoms with Crippen LogP contribution in [0, 0.1) is 5.92 Å². The van der Waals surface area contributed by atoms with Gasteiger partial charge in [0.15, 0.2) is 0 Å². The molecule has 5 heteroatoms. The van der Waals surface area contributed by atoms with Crippen LogP contribution in [0.1, 0.15) is 53.4 Å². The van der Waals surface area contributed by atoms with Gasteiger partial charge in [0.2, 0.25) is 0 Å². The van der Waals surface area contributed by atoms with E-state index in [1.54, 1.807) is 0 Å². The number of carbonyl (C=O) groups is 1. The molecule has 2 aromatic rings. The summed E-state index contributed by atoms with van der Waals surface area (Å²) >= 11 is 0. The zero-order valence-electron chi connectivity index (χ0n) is 20.0. The SMILES string of the molecule is CCOC(=O)COC1CCC(CO[Si](c2ccccc2)(c2ccccc2)C(C)(C)C)CC1. The molecule has 3 rings (SSSR count). The first-order chi connectivity index (χ1) is 15.4. The van der Waals surface area contributed by atoms with E-state index in [-0.39, 0.29) is 23.7 Å². The van der Waals surface area contributed by atoms with Gasteiger partial charge < -0.3 is 13.9 Å². The van der Waals surface area contributed by atoms with Crippen LogP contribution in [0.15, 0.2) is 60.7 Å². The van der Waals surface area contributed by atoms with E-state index in [4.69, 9.17) is 13.9 Å². The van der Waals surface area contributed by atoms with Gasteiger partial charge in [0, 0.05) is 6.61 Å². The van der Waals surface area contributed by atoms with Crippen LogP contribution in [0.4, 0.5) is 0 Å². The van der Waals surface area contributed by atoms with Crippen LogP contribution in [0.5, 0.6) is 0 Å². The molecule has 0 radical (unpaired) electrons. The number of ether oxygens (including phenoxy) is 2. The molecule has 0 atom stereocenters. The molecule has 0 unspecified atom stereocenters. The van der Waals surface area contributed by atoms with Crippen molar-refractivity contribution < 1.29 is 18.7 Å². The number of rotatable bonds is 9. The smallest absolute Gasteiger partial charge is 0.332 e. The van der Waals surface area contributed by atoms with E-state index >= 15 is 0 Å². The standard InChI is InChI=1S/C27H38O4Si/c1-5-29-26(28)21-30-23-18-16-22(17-19-23)20-31-32(27(2,3)4,24-12-8-6-9-13-24)25-14-10-7-11-15-25/h6-15,22-23H,5,16-21H2,1-4H3. The maximum absolute atomic E-state index is 11.6. The summed E-state index contributed by atoms with van der Waals surface area (Å²) in [4.78, 5) is 11.6. The lowest BCUT2D eigenvalue weighted by Crippen LogP contribution is -2.67. The third kappa shape index (κ3) is 5.88. The Morgan fingerprint density at radius 1 is 0.906 bits per heavy atom. The van der Waals surface area contributed by atoms with Gasteiger partial charge in [0.05, 0.1) is 12.7 Å². The molecule has 0 spiro atoms. The Labute approximate surface area is 194 Å². The van der Waals surface area contributed by atoms with Crippen LogP contribution in [0.2, 0.25) is 5.04 Å². The molecule has 32 heavy (non-hydrogen) atoms. The minimum atomic E-state index is -2.48. The van der Waals surface area contributed by atoms with E-state index in [9.17, 15) is 4.79 Å². The summed E-state index contributed by atoms with van der Waals surface area (Å²) in [7, 11) is -2.48. The molecular weight excluding hydrogens is 416 g/mol. The first-order valence-corrected chi connectivity index (χ1v) is 13.8. The van der Waals surface area contributed by atoms with Crippen molar-refractivity contribution in [1.82, 2.24) is 0 Å². The highest BCUT2D eigenvalue weighted by molar-refractivity contribution is 6.99. The highest BCUT2D eigenvalue weighted by Crippen LogP contribution is 2.38. The summed E-state index contributed by atoms with van der Waals surface area (Å²) in [5.41, 5.74) is 0. The minimum Gasteiger partial charge on any atom is -0.464 e. The fourth-order valence-electron chi connectivity index (χ4n) is 4.86. The number of benzene rings is 2. The Balaban J connectivity index is 1.70. The molecule has 2 aromatic carbocycles. The maximum Gasteiger partial charge on any atom is 0.332 e. The van der Waals surface area contributed by atoms with Crippen LogP contribution in [-0.4, -0.2) is 40.2 Å². The summed E-state index contributed by atoms with van der Waals surface area (Å²) < 4.78 is 17.8. The molecule has 0 N–H and O–H groups in total.